The topological polar surface area (TPSA) is 70.7 Å². The largest absolute Gasteiger partial charge is 0.507 e. The Morgan fingerprint density at radius 3 is 2.67 bits per heavy atom. The van der Waals surface area contributed by atoms with Crippen LogP contribution in [0.5, 0.6) is 5.75 Å². The third-order valence-electron chi connectivity index (χ3n) is 2.66. The molecule has 0 aliphatic rings. The molecule has 0 aliphatic carbocycles. The van der Waals surface area contributed by atoms with Gasteiger partial charge in [-0.1, -0.05) is 13.8 Å². The van der Waals surface area contributed by atoms with Gasteiger partial charge in [0.25, 0.3) is 0 Å². The van der Waals surface area contributed by atoms with E-state index in [9.17, 15) is 9.90 Å². The van der Waals surface area contributed by atoms with Gasteiger partial charge in [-0.2, -0.15) is 0 Å². The molecule has 4 heteroatoms. The third kappa shape index (κ3) is 2.37. The number of phenols is 1. The van der Waals surface area contributed by atoms with Crippen molar-refractivity contribution in [3.8, 4) is 5.75 Å². The van der Waals surface area contributed by atoms with Crippen LogP contribution in [0.2, 0.25) is 0 Å². The fraction of sp³-hybridized carbons (Fsp3) is 0.214. The maximum absolute atomic E-state index is 10.5. The van der Waals surface area contributed by atoms with Crippen molar-refractivity contribution in [1.82, 2.24) is 0 Å². The van der Waals surface area contributed by atoms with E-state index in [1.807, 2.05) is 19.9 Å². The van der Waals surface area contributed by atoms with Gasteiger partial charge in [-0.25, -0.2) is 4.79 Å². The molecule has 1 heterocycles. The number of carbonyl (C=O) groups is 1. The molecule has 1 aromatic carbocycles. The van der Waals surface area contributed by atoms with Crippen LogP contribution >= 0.6 is 0 Å². The predicted octanol–water partition coefficient (Wildman–Crippen LogP) is 3.36. The number of aliphatic carboxylic acids is 1. The lowest BCUT2D eigenvalue weighted by molar-refractivity contribution is -0.131. The second kappa shape index (κ2) is 4.56. The molecule has 94 valence electrons. The zero-order valence-corrected chi connectivity index (χ0v) is 10.2. The second-order valence-electron chi connectivity index (χ2n) is 4.42. The average Bonchev–Trinajstić information content (AvgIpc) is 2.68. The highest BCUT2D eigenvalue weighted by molar-refractivity contribution is 5.89. The number of benzene rings is 1. The van der Waals surface area contributed by atoms with Gasteiger partial charge in [0.15, 0.2) is 0 Å². The van der Waals surface area contributed by atoms with Crippen molar-refractivity contribution in [2.45, 2.75) is 19.8 Å². The van der Waals surface area contributed by atoms with Crippen LogP contribution in [0.1, 0.15) is 31.1 Å². The fourth-order valence-electron chi connectivity index (χ4n) is 1.69. The Balaban J connectivity index is 2.50. The van der Waals surface area contributed by atoms with E-state index < -0.39 is 5.97 Å². The normalized spacial score (nSPS) is 11.7. The number of phenolic OH excluding ortho intramolecular Hbond substituents is 1. The Morgan fingerprint density at radius 2 is 2.06 bits per heavy atom. The number of furan rings is 1. The van der Waals surface area contributed by atoms with Crippen molar-refractivity contribution >= 4 is 23.0 Å². The predicted molar refractivity (Wildman–Crippen MR) is 68.6 cm³/mol. The molecule has 2 N–H and O–H groups in total. The number of rotatable bonds is 3. The molecule has 4 nitrogen and oxygen atoms in total. The van der Waals surface area contributed by atoms with Gasteiger partial charge in [0.1, 0.15) is 17.1 Å². The van der Waals surface area contributed by atoms with E-state index in [1.54, 1.807) is 6.07 Å². The highest BCUT2D eigenvalue weighted by Gasteiger charge is 2.10. The molecule has 0 radical (unpaired) electrons. The molecule has 2 rings (SSSR count). The highest BCUT2D eigenvalue weighted by atomic mass is 16.4. The Morgan fingerprint density at radius 1 is 1.33 bits per heavy atom. The average molecular weight is 246 g/mol. The molecule has 0 atom stereocenters. The smallest absolute Gasteiger partial charge is 0.328 e. The van der Waals surface area contributed by atoms with Crippen molar-refractivity contribution in [1.29, 1.82) is 0 Å². The van der Waals surface area contributed by atoms with Crippen LogP contribution in [0.3, 0.4) is 0 Å². The SMILES string of the molecule is CC(C)c1cc2cc(/C=C/C(=O)O)c(O)cc2o1. The molecule has 0 amide bonds. The van der Waals surface area contributed by atoms with Crippen molar-refractivity contribution in [2.24, 2.45) is 0 Å². The summed E-state index contributed by atoms with van der Waals surface area (Å²) in [5, 5.41) is 19.2. The lowest BCUT2D eigenvalue weighted by atomic mass is 10.1. The minimum atomic E-state index is -1.05. The van der Waals surface area contributed by atoms with Crippen molar-refractivity contribution < 1.29 is 19.4 Å². The van der Waals surface area contributed by atoms with E-state index in [-0.39, 0.29) is 11.7 Å². The molecule has 0 aliphatic heterocycles. The van der Waals surface area contributed by atoms with Gasteiger partial charge in [0.05, 0.1) is 0 Å². The Labute approximate surface area is 104 Å². The van der Waals surface area contributed by atoms with Gasteiger partial charge in [0, 0.05) is 29.0 Å². The second-order valence-corrected chi connectivity index (χ2v) is 4.42. The monoisotopic (exact) mass is 246 g/mol. The molecular formula is C14H14O4. The van der Waals surface area contributed by atoms with E-state index in [4.69, 9.17) is 9.52 Å². The quantitative estimate of drug-likeness (QED) is 0.814. The Kier molecular flexibility index (Phi) is 3.10. The summed E-state index contributed by atoms with van der Waals surface area (Å²) in [5.41, 5.74) is 1.06. The zero-order chi connectivity index (χ0) is 13.3. The first-order valence-corrected chi connectivity index (χ1v) is 5.65. The number of fused-ring (bicyclic) bond motifs is 1. The van der Waals surface area contributed by atoms with Gasteiger partial charge in [0.2, 0.25) is 0 Å². The van der Waals surface area contributed by atoms with Gasteiger partial charge < -0.3 is 14.6 Å². The Hall–Kier alpha value is -2.23. The van der Waals surface area contributed by atoms with Gasteiger partial charge >= 0.3 is 5.97 Å². The van der Waals surface area contributed by atoms with Crippen LogP contribution in [-0.4, -0.2) is 16.2 Å². The van der Waals surface area contributed by atoms with E-state index in [1.165, 1.54) is 12.1 Å². The summed E-state index contributed by atoms with van der Waals surface area (Å²) in [6.45, 7) is 4.03. The molecule has 0 unspecified atom stereocenters. The lowest BCUT2D eigenvalue weighted by Gasteiger charge is -1.98. The summed E-state index contributed by atoms with van der Waals surface area (Å²) in [5.74, 6) is 0.0514. The molecule has 0 saturated carbocycles. The van der Waals surface area contributed by atoms with E-state index in [0.717, 1.165) is 17.2 Å². The van der Waals surface area contributed by atoms with E-state index in [0.29, 0.717) is 11.1 Å². The minimum absolute atomic E-state index is 0.00431. The summed E-state index contributed by atoms with van der Waals surface area (Å²) >= 11 is 0. The summed E-state index contributed by atoms with van der Waals surface area (Å²) in [7, 11) is 0. The van der Waals surface area contributed by atoms with Crippen LogP contribution in [-0.2, 0) is 4.79 Å². The van der Waals surface area contributed by atoms with E-state index in [2.05, 4.69) is 0 Å². The third-order valence-corrected chi connectivity index (χ3v) is 2.66. The molecule has 0 fully saturated rings. The lowest BCUT2D eigenvalue weighted by Crippen LogP contribution is -1.85. The summed E-state index contributed by atoms with van der Waals surface area (Å²) < 4.78 is 5.59. The maximum Gasteiger partial charge on any atom is 0.328 e. The summed E-state index contributed by atoms with van der Waals surface area (Å²) in [6.07, 6.45) is 2.35. The summed E-state index contributed by atoms with van der Waals surface area (Å²) in [4.78, 5) is 10.5. The molecule has 1 aromatic heterocycles. The van der Waals surface area contributed by atoms with Crippen molar-refractivity contribution in [3.05, 3.63) is 35.6 Å². The highest BCUT2D eigenvalue weighted by Crippen LogP contribution is 2.30. The Bertz CT molecular complexity index is 620. The number of carboxylic acids is 1. The minimum Gasteiger partial charge on any atom is -0.507 e. The van der Waals surface area contributed by atoms with Gasteiger partial charge in [-0.05, 0) is 18.2 Å². The number of carboxylic acid groups (broad SMARTS) is 1. The molecule has 18 heavy (non-hydrogen) atoms. The van der Waals surface area contributed by atoms with Crippen LogP contribution < -0.4 is 0 Å². The first kappa shape index (κ1) is 12.2. The number of hydrogen-bond acceptors (Lipinski definition) is 3. The number of hydrogen-bond donors (Lipinski definition) is 2. The molecule has 0 bridgehead atoms. The molecular weight excluding hydrogens is 232 g/mol. The first-order chi connectivity index (χ1) is 8.47. The van der Waals surface area contributed by atoms with Crippen LogP contribution in [0, 0.1) is 0 Å². The molecule has 2 aromatic rings. The van der Waals surface area contributed by atoms with E-state index >= 15 is 0 Å². The van der Waals surface area contributed by atoms with Crippen molar-refractivity contribution in [3.63, 3.8) is 0 Å². The van der Waals surface area contributed by atoms with Crippen LogP contribution in [0.25, 0.3) is 17.0 Å². The summed E-state index contributed by atoms with van der Waals surface area (Å²) in [6, 6.07) is 5.11. The molecule has 0 saturated heterocycles. The fourth-order valence-corrected chi connectivity index (χ4v) is 1.69. The van der Waals surface area contributed by atoms with Crippen molar-refractivity contribution in [2.75, 3.05) is 0 Å². The first-order valence-electron chi connectivity index (χ1n) is 5.65. The standard InChI is InChI=1S/C14H14O4/c1-8(2)12-6-10-5-9(3-4-14(16)17)11(15)7-13(10)18-12/h3-8,15H,1-2H3,(H,16,17)/b4-3+. The zero-order valence-electron chi connectivity index (χ0n) is 10.2. The molecule has 0 spiro atoms. The van der Waals surface area contributed by atoms with Crippen LogP contribution in [0.15, 0.2) is 28.7 Å². The van der Waals surface area contributed by atoms with Gasteiger partial charge in [-0.15, -0.1) is 0 Å². The maximum atomic E-state index is 10.5. The van der Waals surface area contributed by atoms with Gasteiger partial charge in [-0.3, -0.25) is 0 Å². The number of aromatic hydroxyl groups is 1. The van der Waals surface area contributed by atoms with Crippen LogP contribution in [0.4, 0.5) is 0 Å².